The van der Waals surface area contributed by atoms with E-state index in [0.29, 0.717) is 27.4 Å². The molecule has 0 radical (unpaired) electrons. The van der Waals surface area contributed by atoms with E-state index in [0.717, 1.165) is 5.52 Å². The van der Waals surface area contributed by atoms with E-state index in [1.165, 1.54) is 13.8 Å². The number of carboxylic acid groups (broad SMARTS) is 2. The predicted molar refractivity (Wildman–Crippen MR) is 259 cm³/mol. The highest BCUT2D eigenvalue weighted by molar-refractivity contribution is 5.99. The molecule has 386 valence electrons. The number of nitrogens with one attached hydrogen (secondary N) is 9. The molecule has 0 saturated carbocycles. The monoisotopic (exact) mass is 990 g/mol. The highest BCUT2D eigenvalue weighted by Crippen LogP contribution is 2.21. The number of H-pyrrole nitrogens is 2. The van der Waals surface area contributed by atoms with Crippen LogP contribution < -0.4 is 43.0 Å². The zero-order valence-electron chi connectivity index (χ0n) is 40.4. The third-order valence-corrected chi connectivity index (χ3v) is 11.5. The van der Waals surface area contributed by atoms with E-state index in [4.69, 9.17) is 5.73 Å². The van der Waals surface area contributed by atoms with Gasteiger partial charge < -0.3 is 73.3 Å². The molecule has 2 heterocycles. The molecule has 71 heavy (non-hydrogen) atoms. The Morgan fingerprint density at radius 3 is 1.37 bits per heavy atom. The third-order valence-electron chi connectivity index (χ3n) is 11.5. The van der Waals surface area contributed by atoms with Gasteiger partial charge in [-0.15, -0.1) is 0 Å². The minimum absolute atomic E-state index is 0.00850. The Labute approximate surface area is 409 Å². The maximum absolute atomic E-state index is 14.3. The lowest BCUT2D eigenvalue weighted by Crippen LogP contribution is -2.61. The number of rotatable bonds is 27. The summed E-state index contributed by atoms with van der Waals surface area (Å²) in [5.74, 6) is -9.97. The molecule has 0 fully saturated rings. The molecule has 0 saturated heterocycles. The molecule has 7 amide bonds. The number of aliphatic carboxylic acids is 2. The van der Waals surface area contributed by atoms with Crippen LogP contribution in [0.5, 0.6) is 0 Å². The molecule has 9 unspecified atom stereocenters. The number of aromatic nitrogens is 2. The van der Waals surface area contributed by atoms with Crippen molar-refractivity contribution >= 4 is 75.1 Å². The molecule has 0 aliphatic carbocycles. The lowest BCUT2D eigenvalue weighted by atomic mass is 10.0. The summed E-state index contributed by atoms with van der Waals surface area (Å²) >= 11 is 0. The fourth-order valence-corrected chi connectivity index (χ4v) is 7.69. The number of nitrogens with two attached hydrogens (primary N) is 1. The van der Waals surface area contributed by atoms with Crippen LogP contribution in [0.3, 0.4) is 0 Å². The zero-order chi connectivity index (χ0) is 52.7. The average Bonchev–Trinajstić information content (AvgIpc) is 3.92. The molecule has 2 aromatic heterocycles. The lowest BCUT2D eigenvalue weighted by Gasteiger charge is -2.27. The first-order valence-corrected chi connectivity index (χ1v) is 23.2. The number of hydrogen-bond acceptors (Lipinski definition) is 12. The van der Waals surface area contributed by atoms with Crippen molar-refractivity contribution in [1.82, 2.24) is 47.2 Å². The molecule has 2 aromatic carbocycles. The van der Waals surface area contributed by atoms with Crippen molar-refractivity contribution in [3.8, 4) is 0 Å². The van der Waals surface area contributed by atoms with Crippen molar-refractivity contribution in [2.75, 3.05) is 6.61 Å². The van der Waals surface area contributed by atoms with Crippen molar-refractivity contribution < 1.29 is 63.6 Å². The van der Waals surface area contributed by atoms with Crippen LogP contribution in [0, 0.1) is 11.8 Å². The number of carbonyl (C=O) groups excluding carboxylic acids is 7. The minimum atomic E-state index is -1.85. The van der Waals surface area contributed by atoms with Gasteiger partial charge in [0, 0.05) is 47.0 Å². The number of amides is 7. The third kappa shape index (κ3) is 16.4. The topological polar surface area (TPSA) is 376 Å². The highest BCUT2D eigenvalue weighted by atomic mass is 16.4. The van der Waals surface area contributed by atoms with Gasteiger partial charge in [-0.2, -0.15) is 0 Å². The quantitative estimate of drug-likeness (QED) is 0.0348. The number of hydrogen-bond donors (Lipinski definition) is 14. The van der Waals surface area contributed by atoms with Crippen LogP contribution in [-0.2, 0) is 56.0 Å². The Bertz CT molecular complexity index is 2540. The SMILES string of the molecule is CC(C)CC(NC(=O)C(Cc1c[nH]c2ccccc12)NC(=O)C(CO)NC(=O)C(Cc1c[nH]c2ccccc12)NC(=O)C(CC(=O)O)NC(=O)C(CC(C)C)NC(=O)C(C)NC(=O)C(N)C(C)O)C(=O)O. The van der Waals surface area contributed by atoms with Gasteiger partial charge >= 0.3 is 11.9 Å². The molecule has 4 rings (SSSR count). The number of aromatic amines is 2. The Morgan fingerprint density at radius 1 is 0.521 bits per heavy atom. The maximum atomic E-state index is 14.3. The summed E-state index contributed by atoms with van der Waals surface area (Å²) in [5, 5.41) is 58.5. The Kier molecular flexibility index (Phi) is 20.6. The van der Waals surface area contributed by atoms with Crippen LogP contribution in [0.2, 0.25) is 0 Å². The number of carboxylic acids is 2. The first-order chi connectivity index (χ1) is 33.5. The van der Waals surface area contributed by atoms with Gasteiger partial charge in [-0.05, 0) is 61.8 Å². The summed E-state index contributed by atoms with van der Waals surface area (Å²) in [6.45, 7) is 8.59. The molecular weight excluding hydrogens is 925 g/mol. The number of aliphatic hydroxyl groups is 2. The van der Waals surface area contributed by atoms with E-state index >= 15 is 0 Å². The summed E-state index contributed by atoms with van der Waals surface area (Å²) in [7, 11) is 0. The second-order valence-corrected chi connectivity index (χ2v) is 18.4. The van der Waals surface area contributed by atoms with Gasteiger partial charge in [0.25, 0.3) is 0 Å². The normalized spacial score (nSPS) is 15.3. The smallest absolute Gasteiger partial charge is 0.326 e. The summed E-state index contributed by atoms with van der Waals surface area (Å²) < 4.78 is 0. The molecule has 4 aromatic rings. The molecule has 0 spiro atoms. The molecule has 23 heteroatoms. The van der Waals surface area contributed by atoms with Crippen LogP contribution >= 0.6 is 0 Å². The van der Waals surface area contributed by atoms with Crippen LogP contribution in [0.4, 0.5) is 0 Å². The van der Waals surface area contributed by atoms with E-state index in [2.05, 4.69) is 47.2 Å². The standard InChI is InChI=1S/C48H66N10O13/c1-23(2)15-33(53-41(63)25(5)52-47(69)40(49)26(6)60)42(64)56-36(19-39(61)62)45(67)54-35(18-28-21-51-32-14-10-8-12-30(28)32)44(66)58-38(22-59)46(68)55-34(43(65)57-37(48(70)71)16-24(3)4)17-27-20-50-31-13-9-7-11-29(27)31/h7-14,20-21,23-26,33-38,40,50-51,59-60H,15-19,22,49H2,1-6H3,(H,52,69)(H,53,63)(H,54,67)(H,55,68)(H,56,64)(H,57,65)(H,58,66)(H,61,62)(H,70,71). The van der Waals surface area contributed by atoms with Gasteiger partial charge in [0.1, 0.15) is 48.3 Å². The maximum Gasteiger partial charge on any atom is 0.326 e. The Balaban J connectivity index is 1.61. The fraction of sp³-hybridized carbons (Fsp3) is 0.479. The van der Waals surface area contributed by atoms with Gasteiger partial charge in [-0.3, -0.25) is 38.4 Å². The predicted octanol–water partition coefficient (Wildman–Crippen LogP) is -0.800. The second-order valence-electron chi connectivity index (χ2n) is 18.4. The number of para-hydroxylation sites is 2. The molecule has 9 atom stereocenters. The first-order valence-electron chi connectivity index (χ1n) is 23.2. The van der Waals surface area contributed by atoms with Crippen molar-refractivity contribution in [1.29, 1.82) is 0 Å². The van der Waals surface area contributed by atoms with Crippen molar-refractivity contribution in [3.05, 3.63) is 72.1 Å². The Hall–Kier alpha value is -7.37. The van der Waals surface area contributed by atoms with Gasteiger partial charge in [0.2, 0.25) is 41.4 Å². The Morgan fingerprint density at radius 2 is 0.915 bits per heavy atom. The highest BCUT2D eigenvalue weighted by Gasteiger charge is 2.36. The second kappa shape index (κ2) is 26.0. The van der Waals surface area contributed by atoms with E-state index < -0.39 is 121 Å². The van der Waals surface area contributed by atoms with E-state index in [-0.39, 0.29) is 37.5 Å². The molecule has 15 N–H and O–H groups in total. The molecule has 23 nitrogen and oxygen atoms in total. The average molecular weight is 991 g/mol. The molecule has 0 aliphatic rings. The van der Waals surface area contributed by atoms with Gasteiger partial charge in [0.15, 0.2) is 0 Å². The van der Waals surface area contributed by atoms with Crippen molar-refractivity contribution in [2.24, 2.45) is 17.6 Å². The number of aliphatic hydroxyl groups excluding tert-OH is 2. The summed E-state index contributed by atoms with van der Waals surface area (Å²) in [6, 6.07) is 2.19. The fourth-order valence-electron chi connectivity index (χ4n) is 7.69. The van der Waals surface area contributed by atoms with Crippen LogP contribution in [0.15, 0.2) is 60.9 Å². The van der Waals surface area contributed by atoms with E-state index in [1.807, 2.05) is 0 Å². The summed E-state index contributed by atoms with van der Waals surface area (Å²) in [5.41, 5.74) is 8.13. The van der Waals surface area contributed by atoms with E-state index in [1.54, 1.807) is 88.6 Å². The first kappa shape index (κ1) is 56.2. The van der Waals surface area contributed by atoms with Crippen LogP contribution in [0.1, 0.15) is 71.9 Å². The molecule has 0 aliphatic heterocycles. The van der Waals surface area contributed by atoms with E-state index in [9.17, 15) is 63.6 Å². The summed E-state index contributed by atoms with van der Waals surface area (Å²) in [6.07, 6.45) is 0.614. The minimum Gasteiger partial charge on any atom is -0.481 e. The van der Waals surface area contributed by atoms with Gasteiger partial charge in [0.05, 0.1) is 19.1 Å². The zero-order valence-corrected chi connectivity index (χ0v) is 40.4. The summed E-state index contributed by atoms with van der Waals surface area (Å²) in [4.78, 5) is 126. The number of carbonyl (C=O) groups is 9. The van der Waals surface area contributed by atoms with Crippen LogP contribution in [0.25, 0.3) is 21.8 Å². The molecule has 0 bridgehead atoms. The van der Waals surface area contributed by atoms with Crippen molar-refractivity contribution in [3.63, 3.8) is 0 Å². The van der Waals surface area contributed by atoms with Crippen LogP contribution in [-0.4, -0.2) is 145 Å². The van der Waals surface area contributed by atoms with Gasteiger partial charge in [-0.1, -0.05) is 64.1 Å². The lowest BCUT2D eigenvalue weighted by molar-refractivity contribution is -0.143. The van der Waals surface area contributed by atoms with Crippen molar-refractivity contribution in [2.45, 2.75) is 128 Å². The van der Waals surface area contributed by atoms with Gasteiger partial charge in [-0.25, -0.2) is 4.79 Å². The largest absolute Gasteiger partial charge is 0.481 e. The molecular formula is C48H66N10O13. The number of fused-ring (bicyclic) bond motifs is 2. The number of benzene rings is 2.